The van der Waals surface area contributed by atoms with Crippen molar-refractivity contribution in [2.75, 3.05) is 0 Å². The van der Waals surface area contributed by atoms with Crippen LogP contribution in [0.2, 0.25) is 0 Å². The van der Waals surface area contributed by atoms with Crippen molar-refractivity contribution in [1.29, 1.82) is 0 Å². The fourth-order valence-electron chi connectivity index (χ4n) is 1.93. The van der Waals surface area contributed by atoms with Crippen LogP contribution in [0.5, 0.6) is 0 Å². The number of nitrogens with zero attached hydrogens (tertiary/aromatic N) is 3. The van der Waals surface area contributed by atoms with Gasteiger partial charge in [0.05, 0.1) is 0 Å². The highest BCUT2D eigenvalue weighted by Crippen LogP contribution is 1.96. The molecule has 0 bridgehead atoms. The second-order valence-electron chi connectivity index (χ2n) is 4.37. The molecule has 0 aromatic carbocycles. The molecule has 3 aromatic heterocycles. The van der Waals surface area contributed by atoms with E-state index in [1.165, 1.54) is 4.40 Å². The Balaban J connectivity index is 1.71. The van der Waals surface area contributed by atoms with Crippen molar-refractivity contribution < 1.29 is 4.79 Å². The molecular formula is C13H13N5O2. The minimum Gasteiger partial charge on any atom is -0.367 e. The van der Waals surface area contributed by atoms with Gasteiger partial charge in [0, 0.05) is 25.1 Å². The first kappa shape index (κ1) is 12.2. The lowest BCUT2D eigenvalue weighted by Crippen LogP contribution is -2.32. The summed E-state index contributed by atoms with van der Waals surface area (Å²) in [5.41, 5.74) is 1.18. The van der Waals surface area contributed by atoms with Gasteiger partial charge in [0.1, 0.15) is 6.54 Å². The molecule has 0 aliphatic heterocycles. The number of pyridine rings is 1. The molecule has 0 aliphatic rings. The third kappa shape index (κ3) is 2.33. The Kier molecular flexibility index (Phi) is 3.08. The normalized spacial score (nSPS) is 10.8. The van der Waals surface area contributed by atoms with Gasteiger partial charge < -0.3 is 10.3 Å². The smallest absolute Gasteiger partial charge is 0.350 e. The number of rotatable bonds is 4. The number of amides is 1. The van der Waals surface area contributed by atoms with Crippen molar-refractivity contribution in [1.82, 2.24) is 24.5 Å². The Labute approximate surface area is 113 Å². The Bertz CT molecular complexity index is 785. The maximum absolute atomic E-state index is 12.0. The second kappa shape index (κ2) is 5.04. The van der Waals surface area contributed by atoms with Gasteiger partial charge >= 0.3 is 5.69 Å². The van der Waals surface area contributed by atoms with E-state index in [9.17, 15) is 9.59 Å². The van der Waals surface area contributed by atoms with Gasteiger partial charge in [-0.2, -0.15) is 0 Å². The summed E-state index contributed by atoms with van der Waals surface area (Å²) in [6, 6.07) is 7.12. The molecule has 0 saturated heterocycles. The number of fused-ring (bicyclic) bond motifs is 1. The van der Waals surface area contributed by atoms with Crippen LogP contribution in [0.3, 0.4) is 0 Å². The molecule has 0 unspecified atom stereocenters. The van der Waals surface area contributed by atoms with Crippen LogP contribution in [0.4, 0.5) is 0 Å². The Morgan fingerprint density at radius 2 is 2.25 bits per heavy atom. The van der Waals surface area contributed by atoms with E-state index in [0.29, 0.717) is 12.2 Å². The summed E-state index contributed by atoms with van der Waals surface area (Å²) in [6.07, 6.45) is 5.21. The van der Waals surface area contributed by atoms with Crippen molar-refractivity contribution in [3.05, 3.63) is 58.9 Å². The zero-order chi connectivity index (χ0) is 13.9. The Morgan fingerprint density at radius 3 is 3.00 bits per heavy atom. The van der Waals surface area contributed by atoms with E-state index in [0.717, 1.165) is 10.2 Å². The van der Waals surface area contributed by atoms with Gasteiger partial charge in [-0.05, 0) is 23.8 Å². The number of H-pyrrole nitrogens is 1. The van der Waals surface area contributed by atoms with Crippen molar-refractivity contribution in [3.63, 3.8) is 0 Å². The van der Waals surface area contributed by atoms with E-state index < -0.39 is 0 Å². The highest BCUT2D eigenvalue weighted by molar-refractivity contribution is 5.75. The summed E-state index contributed by atoms with van der Waals surface area (Å²) in [4.78, 5) is 26.7. The highest BCUT2D eigenvalue weighted by Gasteiger charge is 2.09. The lowest BCUT2D eigenvalue weighted by atomic mass is 10.3. The first-order chi connectivity index (χ1) is 9.74. The maximum atomic E-state index is 12.0. The van der Waals surface area contributed by atoms with Crippen LogP contribution >= 0.6 is 0 Å². The minimum atomic E-state index is -0.322. The molecule has 0 saturated carbocycles. The maximum Gasteiger partial charge on any atom is 0.350 e. The molecule has 7 nitrogen and oxygen atoms in total. The monoisotopic (exact) mass is 271 g/mol. The predicted molar refractivity (Wildman–Crippen MR) is 72.1 cm³/mol. The van der Waals surface area contributed by atoms with E-state index in [2.05, 4.69) is 15.4 Å². The number of aromatic nitrogens is 4. The molecule has 0 radical (unpaired) electrons. The SMILES string of the molecule is O=C(Cn1nc2ccccn2c1=O)NCc1cc[nH]c1. The number of nitrogens with one attached hydrogen (secondary N) is 2. The molecule has 20 heavy (non-hydrogen) atoms. The number of hydrogen-bond acceptors (Lipinski definition) is 3. The summed E-state index contributed by atoms with van der Waals surface area (Å²) >= 11 is 0. The number of carbonyl (C=O) groups is 1. The fraction of sp³-hybridized carbons (Fsp3) is 0.154. The molecule has 0 spiro atoms. The van der Waals surface area contributed by atoms with Crippen molar-refractivity contribution in [3.8, 4) is 0 Å². The lowest BCUT2D eigenvalue weighted by molar-refractivity contribution is -0.122. The molecule has 3 heterocycles. The first-order valence-electron chi connectivity index (χ1n) is 6.16. The van der Waals surface area contributed by atoms with Gasteiger partial charge in [-0.25, -0.2) is 9.48 Å². The molecule has 0 fully saturated rings. The average molecular weight is 271 g/mol. The van der Waals surface area contributed by atoms with Crippen LogP contribution in [0.25, 0.3) is 5.65 Å². The van der Waals surface area contributed by atoms with Gasteiger partial charge in [0.25, 0.3) is 0 Å². The number of carbonyl (C=O) groups excluding carboxylic acids is 1. The minimum absolute atomic E-state index is 0.0923. The molecule has 7 heteroatoms. The van der Waals surface area contributed by atoms with Crippen LogP contribution in [-0.4, -0.2) is 25.1 Å². The fourth-order valence-corrected chi connectivity index (χ4v) is 1.93. The van der Waals surface area contributed by atoms with Crippen LogP contribution in [-0.2, 0) is 17.9 Å². The molecule has 1 amide bonds. The highest BCUT2D eigenvalue weighted by atomic mass is 16.2. The van der Waals surface area contributed by atoms with Crippen LogP contribution in [0, 0.1) is 0 Å². The van der Waals surface area contributed by atoms with Gasteiger partial charge in [-0.1, -0.05) is 6.07 Å². The summed E-state index contributed by atoms with van der Waals surface area (Å²) in [7, 11) is 0. The molecule has 0 aliphatic carbocycles. The van der Waals surface area contributed by atoms with Gasteiger partial charge in [-0.3, -0.25) is 9.20 Å². The average Bonchev–Trinajstić information content (AvgIpc) is 3.07. The number of hydrogen-bond donors (Lipinski definition) is 2. The first-order valence-corrected chi connectivity index (χ1v) is 6.16. The standard InChI is InChI=1S/C13H13N5O2/c19-12(15-8-10-4-5-14-7-10)9-18-13(20)17-6-2-1-3-11(17)16-18/h1-7,14H,8-9H2,(H,15,19). The Hall–Kier alpha value is -2.83. The zero-order valence-electron chi connectivity index (χ0n) is 10.6. The van der Waals surface area contributed by atoms with E-state index in [4.69, 9.17) is 0 Å². The van der Waals surface area contributed by atoms with Crippen molar-refractivity contribution in [2.45, 2.75) is 13.1 Å². The molecule has 3 aromatic rings. The lowest BCUT2D eigenvalue weighted by Gasteiger charge is -2.02. The summed E-state index contributed by atoms with van der Waals surface area (Å²) in [5, 5.41) is 6.83. The molecule has 0 atom stereocenters. The van der Waals surface area contributed by atoms with Gasteiger partial charge in [-0.15, -0.1) is 5.10 Å². The van der Waals surface area contributed by atoms with Crippen LogP contribution in [0.1, 0.15) is 5.56 Å². The van der Waals surface area contributed by atoms with Crippen LogP contribution in [0.15, 0.2) is 47.7 Å². The second-order valence-corrected chi connectivity index (χ2v) is 4.37. The van der Waals surface area contributed by atoms with Gasteiger partial charge in [0.15, 0.2) is 5.65 Å². The third-order valence-corrected chi connectivity index (χ3v) is 2.93. The quantitative estimate of drug-likeness (QED) is 0.708. The summed E-state index contributed by atoms with van der Waals surface area (Å²) in [6.45, 7) is 0.329. The van der Waals surface area contributed by atoms with Gasteiger partial charge in [0.2, 0.25) is 5.91 Å². The predicted octanol–water partition coefficient (Wildman–Crippen LogP) is 0.140. The molecule has 102 valence electrons. The zero-order valence-corrected chi connectivity index (χ0v) is 10.6. The number of aromatic amines is 1. The summed E-state index contributed by atoms with van der Waals surface area (Å²) in [5.74, 6) is -0.253. The molecule has 3 rings (SSSR count). The molecular weight excluding hydrogens is 258 g/mol. The van der Waals surface area contributed by atoms with Crippen LogP contribution < -0.4 is 11.0 Å². The largest absolute Gasteiger partial charge is 0.367 e. The topological polar surface area (TPSA) is 84.2 Å². The Morgan fingerprint density at radius 1 is 1.35 bits per heavy atom. The summed E-state index contributed by atoms with van der Waals surface area (Å²) < 4.78 is 2.56. The molecule has 2 N–H and O–H groups in total. The van der Waals surface area contributed by atoms with Crippen molar-refractivity contribution in [2.24, 2.45) is 0 Å². The van der Waals surface area contributed by atoms with E-state index in [1.807, 2.05) is 6.07 Å². The van der Waals surface area contributed by atoms with E-state index >= 15 is 0 Å². The van der Waals surface area contributed by atoms with Crippen molar-refractivity contribution >= 4 is 11.6 Å². The van der Waals surface area contributed by atoms with E-state index in [-0.39, 0.29) is 18.1 Å². The van der Waals surface area contributed by atoms with E-state index in [1.54, 1.807) is 36.8 Å². The third-order valence-electron chi connectivity index (χ3n) is 2.93.